The second kappa shape index (κ2) is 14.9. The fraction of sp³-hybridized carbons (Fsp3) is 0.409. The average molecular weight is 513 g/mol. The molecule has 0 fully saturated rings. The third kappa shape index (κ3) is 9.36. The van der Waals surface area contributed by atoms with E-state index in [4.69, 9.17) is 14.2 Å². The number of nitrogens with one attached hydrogen (secondary N) is 2. The lowest BCUT2D eigenvalue weighted by Gasteiger charge is -2.13. The topological polar surface area (TPSA) is 64.1 Å². The molecule has 0 amide bonds. The summed E-state index contributed by atoms with van der Waals surface area (Å²) in [5, 5.41) is 6.54. The lowest BCUT2D eigenvalue weighted by atomic mass is 10.2. The maximum absolute atomic E-state index is 5.71. The molecule has 0 aliphatic rings. The molecule has 2 N–H and O–H groups in total. The first-order valence-corrected chi connectivity index (χ1v) is 9.65. The molecule has 0 aliphatic heterocycles. The monoisotopic (exact) mass is 513 g/mol. The molecule has 0 radical (unpaired) electrons. The van der Waals surface area contributed by atoms with Crippen LogP contribution in [-0.4, -0.2) is 46.5 Å². The van der Waals surface area contributed by atoms with Crippen LogP contribution in [0, 0.1) is 0 Å². The van der Waals surface area contributed by atoms with Crippen molar-refractivity contribution in [2.45, 2.75) is 19.8 Å². The summed E-state index contributed by atoms with van der Waals surface area (Å²) in [7, 11) is 3.25. The number of rotatable bonds is 11. The number of methoxy groups -OCH3 is 2. The Balaban J connectivity index is 0.00000420. The molecule has 0 bridgehead atoms. The number of ether oxygens (including phenoxy) is 3. The highest BCUT2D eigenvalue weighted by Gasteiger charge is 2.06. The van der Waals surface area contributed by atoms with Crippen molar-refractivity contribution in [3.63, 3.8) is 0 Å². The Bertz CT molecular complexity index is 726. The molecule has 29 heavy (non-hydrogen) atoms. The molecule has 0 aromatic heterocycles. The minimum atomic E-state index is 0. The minimum Gasteiger partial charge on any atom is -0.493 e. The number of hydrogen-bond acceptors (Lipinski definition) is 4. The van der Waals surface area contributed by atoms with Crippen LogP contribution in [0.4, 0.5) is 5.69 Å². The highest BCUT2D eigenvalue weighted by atomic mass is 127. The van der Waals surface area contributed by atoms with E-state index in [0.29, 0.717) is 24.7 Å². The zero-order valence-corrected chi connectivity index (χ0v) is 19.8. The van der Waals surface area contributed by atoms with Crippen molar-refractivity contribution in [1.82, 2.24) is 5.32 Å². The second-order valence-electron chi connectivity index (χ2n) is 6.16. The van der Waals surface area contributed by atoms with Gasteiger partial charge in [-0.2, -0.15) is 0 Å². The van der Waals surface area contributed by atoms with Crippen molar-refractivity contribution in [3.8, 4) is 11.5 Å². The van der Waals surface area contributed by atoms with Crippen molar-refractivity contribution in [2.75, 3.05) is 45.8 Å². The van der Waals surface area contributed by atoms with E-state index < -0.39 is 0 Å². The van der Waals surface area contributed by atoms with Gasteiger partial charge in [0.05, 0.1) is 20.8 Å². The Morgan fingerprint density at radius 2 is 1.72 bits per heavy atom. The molecule has 2 rings (SSSR count). The molecule has 0 saturated heterocycles. The summed E-state index contributed by atoms with van der Waals surface area (Å²) in [6.45, 7) is 4.95. The number of benzene rings is 2. The quantitative estimate of drug-likeness (QED) is 0.203. The van der Waals surface area contributed by atoms with E-state index >= 15 is 0 Å². The summed E-state index contributed by atoms with van der Waals surface area (Å²) >= 11 is 0. The Labute approximate surface area is 191 Å². The van der Waals surface area contributed by atoms with Gasteiger partial charge in [-0.3, -0.25) is 4.99 Å². The summed E-state index contributed by atoms with van der Waals surface area (Å²) in [6.07, 6.45) is 1.81. The minimum absolute atomic E-state index is 0. The first-order valence-electron chi connectivity index (χ1n) is 9.65. The third-order valence-electron chi connectivity index (χ3n) is 4.09. The van der Waals surface area contributed by atoms with Crippen LogP contribution in [-0.2, 0) is 11.2 Å². The van der Waals surface area contributed by atoms with Crippen LogP contribution in [0.25, 0.3) is 0 Å². The van der Waals surface area contributed by atoms with Crippen molar-refractivity contribution in [2.24, 2.45) is 4.99 Å². The van der Waals surface area contributed by atoms with Crippen molar-refractivity contribution in [1.29, 1.82) is 0 Å². The summed E-state index contributed by atoms with van der Waals surface area (Å²) < 4.78 is 16.3. The lowest BCUT2D eigenvalue weighted by Crippen LogP contribution is -2.30. The molecule has 2 aromatic carbocycles. The largest absolute Gasteiger partial charge is 0.493 e. The fourth-order valence-corrected chi connectivity index (χ4v) is 2.65. The van der Waals surface area contributed by atoms with Crippen molar-refractivity contribution in [3.05, 3.63) is 54.1 Å². The van der Waals surface area contributed by atoms with E-state index in [1.54, 1.807) is 14.2 Å². The van der Waals surface area contributed by atoms with E-state index in [-0.39, 0.29) is 24.0 Å². The molecule has 0 atom stereocenters. The molecule has 7 heteroatoms. The van der Waals surface area contributed by atoms with Gasteiger partial charge in [0.15, 0.2) is 17.5 Å². The number of aliphatic imine (C=N–C) groups is 1. The van der Waals surface area contributed by atoms with Gasteiger partial charge in [-0.1, -0.05) is 30.3 Å². The zero-order valence-electron chi connectivity index (χ0n) is 17.4. The summed E-state index contributed by atoms with van der Waals surface area (Å²) in [5.74, 6) is 2.11. The average Bonchev–Trinajstić information content (AvgIpc) is 2.73. The first kappa shape index (κ1) is 25.0. The maximum atomic E-state index is 5.71. The highest BCUT2D eigenvalue weighted by molar-refractivity contribution is 14.0. The fourth-order valence-electron chi connectivity index (χ4n) is 2.65. The van der Waals surface area contributed by atoms with E-state index in [2.05, 4.69) is 39.9 Å². The van der Waals surface area contributed by atoms with Crippen LogP contribution in [0.5, 0.6) is 11.5 Å². The molecule has 0 aliphatic carbocycles. The molecule has 2 aromatic rings. The van der Waals surface area contributed by atoms with E-state index in [1.165, 1.54) is 5.56 Å². The van der Waals surface area contributed by atoms with Gasteiger partial charge >= 0.3 is 0 Å². The lowest BCUT2D eigenvalue weighted by molar-refractivity contribution is 0.136. The Hall–Kier alpha value is -2.00. The van der Waals surface area contributed by atoms with E-state index in [0.717, 1.165) is 37.6 Å². The van der Waals surface area contributed by atoms with Gasteiger partial charge in [-0.05, 0) is 37.5 Å². The van der Waals surface area contributed by atoms with Crippen molar-refractivity contribution >= 4 is 35.6 Å². The summed E-state index contributed by atoms with van der Waals surface area (Å²) in [6, 6.07) is 16.1. The number of hydrogen-bond donors (Lipinski definition) is 2. The van der Waals surface area contributed by atoms with Gasteiger partial charge in [0, 0.05) is 31.5 Å². The van der Waals surface area contributed by atoms with Gasteiger partial charge in [0.1, 0.15) is 0 Å². The van der Waals surface area contributed by atoms with Crippen LogP contribution in [0.15, 0.2) is 53.5 Å². The predicted octanol–water partition coefficient (Wildman–Crippen LogP) is 4.35. The summed E-state index contributed by atoms with van der Waals surface area (Å²) in [5.41, 5.74) is 2.19. The van der Waals surface area contributed by atoms with Gasteiger partial charge in [0.25, 0.3) is 0 Å². The van der Waals surface area contributed by atoms with Crippen LogP contribution >= 0.6 is 24.0 Å². The molecule has 160 valence electrons. The second-order valence-corrected chi connectivity index (χ2v) is 6.16. The SMILES string of the molecule is CCNC(=NCCCOCCc1ccccc1)Nc1ccc(OC)c(OC)c1.I. The van der Waals surface area contributed by atoms with E-state index in [1.807, 2.05) is 31.2 Å². The molecular weight excluding hydrogens is 481 g/mol. The normalized spacial score (nSPS) is 10.8. The van der Waals surface area contributed by atoms with Crippen molar-refractivity contribution < 1.29 is 14.2 Å². The van der Waals surface area contributed by atoms with Crippen LogP contribution in [0.1, 0.15) is 18.9 Å². The molecular formula is C22H32IN3O3. The van der Waals surface area contributed by atoms with Gasteiger partial charge in [0.2, 0.25) is 0 Å². The Morgan fingerprint density at radius 3 is 2.41 bits per heavy atom. The van der Waals surface area contributed by atoms with Crippen LogP contribution in [0.2, 0.25) is 0 Å². The predicted molar refractivity (Wildman–Crippen MR) is 130 cm³/mol. The first-order chi connectivity index (χ1) is 13.8. The Kier molecular flexibility index (Phi) is 12.9. The van der Waals surface area contributed by atoms with E-state index in [9.17, 15) is 0 Å². The van der Waals surface area contributed by atoms with Crippen LogP contribution in [0.3, 0.4) is 0 Å². The molecule has 0 spiro atoms. The molecule has 0 heterocycles. The smallest absolute Gasteiger partial charge is 0.195 e. The third-order valence-corrected chi connectivity index (χ3v) is 4.09. The number of guanidine groups is 1. The van der Waals surface area contributed by atoms with Gasteiger partial charge in [-0.15, -0.1) is 24.0 Å². The molecule has 6 nitrogen and oxygen atoms in total. The zero-order chi connectivity index (χ0) is 20.0. The highest BCUT2D eigenvalue weighted by Crippen LogP contribution is 2.29. The standard InChI is InChI=1S/C22H31N3O3.HI/c1-4-23-22(25-19-11-12-20(26-2)21(17-19)27-3)24-14-8-15-28-16-13-18-9-6-5-7-10-18;/h5-7,9-12,17H,4,8,13-16H2,1-3H3,(H2,23,24,25);1H. The number of halogens is 1. The molecule has 0 unspecified atom stereocenters. The number of anilines is 1. The molecule has 0 saturated carbocycles. The maximum Gasteiger partial charge on any atom is 0.195 e. The van der Waals surface area contributed by atoms with Crippen LogP contribution < -0.4 is 20.1 Å². The van der Waals surface area contributed by atoms with Gasteiger partial charge in [-0.25, -0.2) is 0 Å². The van der Waals surface area contributed by atoms with Gasteiger partial charge < -0.3 is 24.8 Å². The number of nitrogens with zero attached hydrogens (tertiary/aromatic N) is 1. The summed E-state index contributed by atoms with van der Waals surface area (Å²) in [4.78, 5) is 4.60. The Morgan fingerprint density at radius 1 is 0.966 bits per heavy atom.